The number of benzene rings is 1. The van der Waals surface area contributed by atoms with E-state index in [0.29, 0.717) is 5.56 Å². The van der Waals surface area contributed by atoms with Gasteiger partial charge in [-0.25, -0.2) is 0 Å². The van der Waals surface area contributed by atoms with Crippen LogP contribution >= 0.6 is 0 Å². The van der Waals surface area contributed by atoms with E-state index in [-0.39, 0.29) is 5.91 Å². The first-order chi connectivity index (χ1) is 6.05. The molecule has 0 bridgehead atoms. The van der Waals surface area contributed by atoms with Crippen LogP contribution in [0.4, 0.5) is 5.69 Å². The lowest BCUT2D eigenvalue weighted by Gasteiger charge is -2.14. The topological polar surface area (TPSA) is 40.5 Å². The number of amides is 1. The Morgan fingerprint density at radius 3 is 2.62 bits per heavy atom. The molecule has 0 saturated carbocycles. The number of hydrogen-bond acceptors (Lipinski definition) is 2. The van der Waals surface area contributed by atoms with Crippen molar-refractivity contribution in [2.75, 3.05) is 11.9 Å². The van der Waals surface area contributed by atoms with Crippen LogP contribution in [0.3, 0.4) is 0 Å². The van der Waals surface area contributed by atoms with Crippen molar-refractivity contribution in [3.05, 3.63) is 29.8 Å². The Morgan fingerprint density at radius 1 is 1.38 bits per heavy atom. The third-order valence-corrected chi connectivity index (χ3v) is 2.51. The van der Waals surface area contributed by atoms with Crippen molar-refractivity contribution in [3.63, 3.8) is 0 Å². The number of hydrogen-bond donors (Lipinski definition) is 1. The molecule has 0 spiro atoms. The fourth-order valence-electron chi connectivity index (χ4n) is 1.73. The van der Waals surface area contributed by atoms with Gasteiger partial charge in [-0.15, -0.1) is 0 Å². The van der Waals surface area contributed by atoms with Crippen LogP contribution in [0.15, 0.2) is 24.3 Å². The van der Waals surface area contributed by atoms with E-state index in [2.05, 4.69) is 0 Å². The summed E-state index contributed by atoms with van der Waals surface area (Å²) in [6.07, 6.45) is 0. The lowest BCUT2D eigenvalue weighted by Crippen LogP contribution is -2.35. The van der Waals surface area contributed by atoms with Gasteiger partial charge in [0.25, 0.3) is 5.91 Å². The minimum Gasteiger partial charge on any atom is -0.375 e. The van der Waals surface area contributed by atoms with Crippen molar-refractivity contribution in [2.24, 2.45) is 0 Å². The Balaban J connectivity index is 2.68. The largest absolute Gasteiger partial charge is 0.375 e. The van der Waals surface area contributed by atoms with Gasteiger partial charge in [-0.2, -0.15) is 0 Å². The summed E-state index contributed by atoms with van der Waals surface area (Å²) in [5.74, 6) is -0.270. The minimum absolute atomic E-state index is 0.270. The predicted octanol–water partition coefficient (Wildman–Crippen LogP) is 0.871. The second-order valence-electron chi connectivity index (χ2n) is 3.45. The average Bonchev–Trinajstić information content (AvgIpc) is 2.30. The van der Waals surface area contributed by atoms with Crippen molar-refractivity contribution in [3.8, 4) is 0 Å². The molecule has 0 radical (unpaired) electrons. The van der Waals surface area contributed by atoms with E-state index >= 15 is 0 Å². The number of likely N-dealkylation sites (N-methyl/N-ethyl adjacent to an activating group) is 1. The quantitative estimate of drug-likeness (QED) is 0.638. The van der Waals surface area contributed by atoms with Crippen molar-refractivity contribution in [2.45, 2.75) is 12.5 Å². The van der Waals surface area contributed by atoms with Crippen LogP contribution in [-0.2, 0) is 10.4 Å². The number of carbonyl (C=O) groups excluding carboxylic acids is 1. The zero-order valence-corrected chi connectivity index (χ0v) is 7.61. The molecule has 3 nitrogen and oxygen atoms in total. The van der Waals surface area contributed by atoms with Crippen LogP contribution < -0.4 is 4.90 Å². The second-order valence-corrected chi connectivity index (χ2v) is 3.45. The lowest BCUT2D eigenvalue weighted by molar-refractivity contribution is -0.133. The number of nitrogens with zero attached hydrogens (tertiary/aromatic N) is 1. The summed E-state index contributed by atoms with van der Waals surface area (Å²) < 4.78 is 0. The van der Waals surface area contributed by atoms with E-state index in [0.717, 1.165) is 5.69 Å². The Kier molecular flexibility index (Phi) is 1.48. The zero-order chi connectivity index (χ0) is 9.64. The van der Waals surface area contributed by atoms with Gasteiger partial charge in [-0.3, -0.25) is 4.79 Å². The van der Waals surface area contributed by atoms with Gasteiger partial charge in [0.1, 0.15) is 0 Å². The fourth-order valence-corrected chi connectivity index (χ4v) is 1.73. The van der Waals surface area contributed by atoms with E-state index in [1.165, 1.54) is 11.8 Å². The summed E-state index contributed by atoms with van der Waals surface area (Å²) in [6.45, 7) is 1.53. The van der Waals surface area contributed by atoms with Crippen LogP contribution in [0.5, 0.6) is 0 Å². The molecule has 0 aromatic heterocycles. The van der Waals surface area contributed by atoms with E-state index < -0.39 is 5.60 Å². The van der Waals surface area contributed by atoms with Crippen LogP contribution in [-0.4, -0.2) is 18.1 Å². The Labute approximate surface area is 76.6 Å². The molecular weight excluding hydrogens is 166 g/mol. The molecule has 0 fully saturated rings. The average molecular weight is 177 g/mol. The number of fused-ring (bicyclic) bond motifs is 1. The summed E-state index contributed by atoms with van der Waals surface area (Å²) in [5, 5.41) is 9.89. The van der Waals surface area contributed by atoms with E-state index in [4.69, 9.17) is 0 Å². The maximum atomic E-state index is 11.6. The molecule has 1 amide bonds. The molecule has 2 rings (SSSR count). The Morgan fingerprint density at radius 2 is 2.00 bits per heavy atom. The van der Waals surface area contributed by atoms with Gasteiger partial charge in [0.05, 0.1) is 0 Å². The van der Waals surface area contributed by atoms with Crippen molar-refractivity contribution >= 4 is 11.6 Å². The highest BCUT2D eigenvalue weighted by Gasteiger charge is 2.43. The molecule has 3 heteroatoms. The second kappa shape index (κ2) is 2.33. The SMILES string of the molecule is CN1C(=O)[C@](C)(O)c2ccccc21. The number of anilines is 1. The summed E-state index contributed by atoms with van der Waals surface area (Å²) >= 11 is 0. The molecule has 13 heavy (non-hydrogen) atoms. The third-order valence-electron chi connectivity index (χ3n) is 2.51. The molecule has 1 aromatic rings. The van der Waals surface area contributed by atoms with Gasteiger partial charge >= 0.3 is 0 Å². The smallest absolute Gasteiger partial charge is 0.263 e. The molecule has 0 unspecified atom stereocenters. The number of para-hydroxylation sites is 1. The highest BCUT2D eigenvalue weighted by molar-refractivity contribution is 6.06. The monoisotopic (exact) mass is 177 g/mol. The standard InChI is InChI=1S/C10H11NO2/c1-10(13)7-5-3-4-6-8(7)11(2)9(10)12/h3-6,13H,1-2H3/t10-/m1/s1. The zero-order valence-electron chi connectivity index (χ0n) is 7.61. The molecule has 68 valence electrons. The highest BCUT2D eigenvalue weighted by Crippen LogP contribution is 2.38. The molecule has 1 aliphatic heterocycles. The van der Waals surface area contributed by atoms with Crippen LogP contribution in [0, 0.1) is 0 Å². The normalized spacial score (nSPS) is 26.4. The van der Waals surface area contributed by atoms with Crippen molar-refractivity contribution in [1.29, 1.82) is 0 Å². The number of aliphatic hydroxyl groups is 1. The maximum absolute atomic E-state index is 11.6. The third kappa shape index (κ3) is 0.906. The van der Waals surface area contributed by atoms with Gasteiger partial charge in [0.15, 0.2) is 5.60 Å². The van der Waals surface area contributed by atoms with Crippen molar-refractivity contribution < 1.29 is 9.90 Å². The molecule has 1 aliphatic rings. The predicted molar refractivity (Wildman–Crippen MR) is 49.4 cm³/mol. The minimum atomic E-state index is -1.36. The molecule has 1 N–H and O–H groups in total. The van der Waals surface area contributed by atoms with Crippen LogP contribution in [0.1, 0.15) is 12.5 Å². The summed E-state index contributed by atoms with van der Waals surface area (Å²) in [5.41, 5.74) is 0.116. The fraction of sp³-hybridized carbons (Fsp3) is 0.300. The lowest BCUT2D eigenvalue weighted by atomic mass is 9.98. The van der Waals surface area contributed by atoms with E-state index in [1.54, 1.807) is 13.1 Å². The van der Waals surface area contributed by atoms with E-state index in [1.807, 2.05) is 18.2 Å². The Bertz CT molecular complexity index is 371. The highest BCUT2D eigenvalue weighted by atomic mass is 16.3. The molecule has 0 aliphatic carbocycles. The van der Waals surface area contributed by atoms with Crippen LogP contribution in [0.2, 0.25) is 0 Å². The number of carbonyl (C=O) groups is 1. The first kappa shape index (κ1) is 8.26. The molecule has 1 aromatic carbocycles. The molecule has 1 heterocycles. The maximum Gasteiger partial charge on any atom is 0.263 e. The summed E-state index contributed by atoms with van der Waals surface area (Å²) in [6, 6.07) is 7.27. The number of rotatable bonds is 0. The van der Waals surface area contributed by atoms with Gasteiger partial charge in [-0.1, -0.05) is 18.2 Å². The Hall–Kier alpha value is -1.35. The van der Waals surface area contributed by atoms with Gasteiger partial charge < -0.3 is 10.0 Å². The van der Waals surface area contributed by atoms with Gasteiger partial charge in [-0.05, 0) is 13.0 Å². The van der Waals surface area contributed by atoms with Gasteiger partial charge in [0, 0.05) is 18.3 Å². The first-order valence-corrected chi connectivity index (χ1v) is 4.15. The molecular formula is C10H11NO2. The molecule has 0 saturated heterocycles. The summed E-state index contributed by atoms with van der Waals surface area (Å²) in [4.78, 5) is 13.0. The van der Waals surface area contributed by atoms with Gasteiger partial charge in [0.2, 0.25) is 0 Å². The summed E-state index contributed by atoms with van der Waals surface area (Å²) in [7, 11) is 1.67. The van der Waals surface area contributed by atoms with Crippen molar-refractivity contribution in [1.82, 2.24) is 0 Å². The molecule has 1 atom stereocenters. The van der Waals surface area contributed by atoms with Crippen LogP contribution in [0.25, 0.3) is 0 Å². The first-order valence-electron chi connectivity index (χ1n) is 4.15. The van der Waals surface area contributed by atoms with E-state index in [9.17, 15) is 9.90 Å².